The van der Waals surface area contributed by atoms with Crippen LogP contribution in [0.25, 0.3) is 0 Å². The Morgan fingerprint density at radius 3 is 1.76 bits per heavy atom. The Morgan fingerprint density at radius 2 is 1.53 bits per heavy atom. The molecule has 0 fully saturated rings. The van der Waals surface area contributed by atoms with E-state index >= 15 is 0 Å². The lowest BCUT2D eigenvalue weighted by Crippen LogP contribution is -2.15. The normalized spacial score (nSPS) is 15.0. The van der Waals surface area contributed by atoms with Gasteiger partial charge in [0.05, 0.1) is 0 Å². The van der Waals surface area contributed by atoms with Gasteiger partial charge in [0.15, 0.2) is 0 Å². The molecule has 0 aliphatic heterocycles. The lowest BCUT2D eigenvalue weighted by atomic mass is 9.76. The second-order valence-electron chi connectivity index (χ2n) is 6.36. The lowest BCUT2D eigenvalue weighted by Gasteiger charge is -2.29. The van der Waals surface area contributed by atoms with E-state index < -0.39 is 0 Å². The van der Waals surface area contributed by atoms with Crippen molar-refractivity contribution >= 4 is 0 Å². The second-order valence-corrected chi connectivity index (χ2v) is 6.36. The standard InChI is InChI=1S/C17H28/c1-10-11-15(12(2)3)16(13(4)5)14(6)17(7,8)9/h1,11-13H,2-9H3/b15-11-,16-14+. The molecule has 0 saturated heterocycles. The molecule has 0 aromatic rings. The Hall–Kier alpha value is -0.960. The third-order valence-electron chi connectivity index (χ3n) is 3.28. The summed E-state index contributed by atoms with van der Waals surface area (Å²) >= 11 is 0. The van der Waals surface area contributed by atoms with E-state index in [-0.39, 0.29) is 5.41 Å². The number of hydrogen-bond donors (Lipinski definition) is 0. The lowest BCUT2D eigenvalue weighted by molar-refractivity contribution is 0.488. The van der Waals surface area contributed by atoms with Crippen LogP contribution in [-0.4, -0.2) is 0 Å². The van der Waals surface area contributed by atoms with Gasteiger partial charge in [-0.2, -0.15) is 0 Å². The highest BCUT2D eigenvalue weighted by atomic mass is 14.3. The van der Waals surface area contributed by atoms with Gasteiger partial charge >= 0.3 is 0 Å². The summed E-state index contributed by atoms with van der Waals surface area (Å²) in [6.45, 7) is 17.9. The average Bonchev–Trinajstić information content (AvgIpc) is 2.14. The van der Waals surface area contributed by atoms with E-state index in [1.54, 1.807) is 0 Å². The fourth-order valence-electron chi connectivity index (χ4n) is 2.03. The van der Waals surface area contributed by atoms with Gasteiger partial charge < -0.3 is 0 Å². The molecular weight excluding hydrogens is 204 g/mol. The maximum absolute atomic E-state index is 5.47. The molecule has 0 rings (SSSR count). The zero-order valence-electron chi connectivity index (χ0n) is 12.8. The third kappa shape index (κ3) is 4.43. The minimum atomic E-state index is 0.197. The van der Waals surface area contributed by atoms with Gasteiger partial charge in [-0.1, -0.05) is 60.0 Å². The quantitative estimate of drug-likeness (QED) is 0.462. The van der Waals surface area contributed by atoms with Crippen molar-refractivity contribution in [3.8, 4) is 12.3 Å². The number of rotatable bonds is 3. The summed E-state index contributed by atoms with van der Waals surface area (Å²) in [7, 11) is 0. The van der Waals surface area contributed by atoms with E-state index in [4.69, 9.17) is 6.42 Å². The Morgan fingerprint density at radius 1 is 1.06 bits per heavy atom. The maximum atomic E-state index is 5.47. The first-order valence-electron chi connectivity index (χ1n) is 6.50. The summed E-state index contributed by atoms with van der Waals surface area (Å²) in [6, 6.07) is 0. The molecule has 0 unspecified atom stereocenters. The fraction of sp³-hybridized carbons (Fsp3) is 0.647. The summed E-state index contributed by atoms with van der Waals surface area (Å²) in [4.78, 5) is 0. The van der Waals surface area contributed by atoms with Crippen molar-refractivity contribution in [1.82, 2.24) is 0 Å². The molecule has 0 saturated carbocycles. The maximum Gasteiger partial charge on any atom is -0.00840 e. The highest BCUT2D eigenvalue weighted by Gasteiger charge is 2.22. The topological polar surface area (TPSA) is 0 Å². The van der Waals surface area contributed by atoms with Gasteiger partial charge in [0.2, 0.25) is 0 Å². The summed E-state index contributed by atoms with van der Waals surface area (Å²) in [5.74, 6) is 3.68. The van der Waals surface area contributed by atoms with Crippen molar-refractivity contribution in [2.24, 2.45) is 17.3 Å². The van der Waals surface area contributed by atoms with Crippen LogP contribution >= 0.6 is 0 Å². The van der Waals surface area contributed by atoms with Crippen LogP contribution in [-0.2, 0) is 0 Å². The molecule has 0 spiro atoms. The van der Waals surface area contributed by atoms with E-state index in [0.29, 0.717) is 11.8 Å². The molecule has 0 atom stereocenters. The molecule has 0 N–H and O–H groups in total. The van der Waals surface area contributed by atoms with Crippen LogP contribution in [0.3, 0.4) is 0 Å². The zero-order valence-corrected chi connectivity index (χ0v) is 12.8. The van der Waals surface area contributed by atoms with E-state index in [1.807, 2.05) is 6.08 Å². The highest BCUT2D eigenvalue weighted by molar-refractivity contribution is 5.42. The Labute approximate surface area is 108 Å². The van der Waals surface area contributed by atoms with Crippen LogP contribution in [0.1, 0.15) is 55.4 Å². The number of terminal acetylenes is 1. The van der Waals surface area contributed by atoms with Crippen molar-refractivity contribution in [3.63, 3.8) is 0 Å². The van der Waals surface area contributed by atoms with Crippen LogP contribution in [0.15, 0.2) is 22.8 Å². The van der Waals surface area contributed by atoms with Gasteiger partial charge in [0.25, 0.3) is 0 Å². The van der Waals surface area contributed by atoms with E-state index in [0.717, 1.165) is 0 Å². The Kier molecular flexibility index (Phi) is 5.76. The SMILES string of the molecule is C#C/C=C(\C(=C(/C)C(C)(C)C)C(C)C)C(C)C. The van der Waals surface area contributed by atoms with Crippen molar-refractivity contribution in [1.29, 1.82) is 0 Å². The van der Waals surface area contributed by atoms with Crippen molar-refractivity contribution in [3.05, 3.63) is 22.8 Å². The summed E-state index contributed by atoms with van der Waals surface area (Å²) in [6.07, 6.45) is 7.41. The fourth-order valence-corrected chi connectivity index (χ4v) is 2.03. The minimum absolute atomic E-state index is 0.197. The molecule has 0 radical (unpaired) electrons. The van der Waals surface area contributed by atoms with Crippen LogP contribution in [0.5, 0.6) is 0 Å². The molecule has 96 valence electrons. The Bertz CT molecular complexity index is 348. The van der Waals surface area contributed by atoms with Gasteiger partial charge in [-0.25, -0.2) is 0 Å². The first-order valence-corrected chi connectivity index (χ1v) is 6.50. The molecule has 0 aromatic carbocycles. The molecule has 17 heavy (non-hydrogen) atoms. The molecule has 0 amide bonds. The minimum Gasteiger partial charge on any atom is -0.115 e. The molecule has 0 aliphatic rings. The van der Waals surface area contributed by atoms with Crippen molar-refractivity contribution in [2.45, 2.75) is 55.4 Å². The van der Waals surface area contributed by atoms with Gasteiger partial charge in [0, 0.05) is 0 Å². The predicted octanol–water partition coefficient (Wildman–Crippen LogP) is 5.22. The second kappa shape index (κ2) is 6.10. The summed E-state index contributed by atoms with van der Waals surface area (Å²) < 4.78 is 0. The molecule has 0 heterocycles. The molecular formula is C17H28. The van der Waals surface area contributed by atoms with Crippen molar-refractivity contribution in [2.75, 3.05) is 0 Å². The molecule has 0 bridgehead atoms. The van der Waals surface area contributed by atoms with E-state index in [9.17, 15) is 0 Å². The Balaban J connectivity index is 5.86. The summed E-state index contributed by atoms with van der Waals surface area (Å²) in [5.41, 5.74) is 4.39. The average molecular weight is 232 g/mol. The molecule has 0 aliphatic carbocycles. The van der Waals surface area contributed by atoms with Crippen LogP contribution in [0.4, 0.5) is 0 Å². The molecule has 0 heteroatoms. The highest BCUT2D eigenvalue weighted by Crippen LogP contribution is 2.36. The first kappa shape index (κ1) is 16.0. The van der Waals surface area contributed by atoms with Gasteiger partial charge in [0.1, 0.15) is 0 Å². The van der Waals surface area contributed by atoms with Crippen LogP contribution in [0.2, 0.25) is 0 Å². The monoisotopic (exact) mass is 232 g/mol. The third-order valence-corrected chi connectivity index (χ3v) is 3.28. The van der Waals surface area contributed by atoms with Gasteiger partial charge in [-0.05, 0) is 41.4 Å². The van der Waals surface area contributed by atoms with Gasteiger partial charge in [-0.15, -0.1) is 6.42 Å². The summed E-state index contributed by atoms with van der Waals surface area (Å²) in [5, 5.41) is 0. The zero-order chi connectivity index (χ0) is 13.8. The van der Waals surface area contributed by atoms with Gasteiger partial charge in [-0.3, -0.25) is 0 Å². The predicted molar refractivity (Wildman–Crippen MR) is 78.7 cm³/mol. The van der Waals surface area contributed by atoms with Crippen molar-refractivity contribution < 1.29 is 0 Å². The van der Waals surface area contributed by atoms with E-state index in [2.05, 4.69) is 61.3 Å². The smallest absolute Gasteiger partial charge is 0.00840 e. The molecule has 0 nitrogen and oxygen atoms in total. The first-order chi connectivity index (χ1) is 7.62. The molecule has 0 aromatic heterocycles. The van der Waals surface area contributed by atoms with Crippen LogP contribution in [0, 0.1) is 29.6 Å². The number of allylic oxidation sites excluding steroid dienone is 4. The van der Waals surface area contributed by atoms with E-state index in [1.165, 1.54) is 16.7 Å². The number of hydrogen-bond acceptors (Lipinski definition) is 0. The largest absolute Gasteiger partial charge is 0.115 e. The van der Waals surface area contributed by atoms with Crippen LogP contribution < -0.4 is 0 Å².